The van der Waals surface area contributed by atoms with E-state index in [1.165, 1.54) is 5.56 Å². The minimum absolute atomic E-state index is 0.0147. The van der Waals surface area contributed by atoms with Gasteiger partial charge in [0.25, 0.3) is 0 Å². The van der Waals surface area contributed by atoms with E-state index in [1.807, 2.05) is 0 Å². The van der Waals surface area contributed by atoms with E-state index in [4.69, 9.17) is 5.73 Å². The Hall–Kier alpha value is -1.03. The van der Waals surface area contributed by atoms with Gasteiger partial charge in [-0.3, -0.25) is 4.99 Å². The highest BCUT2D eigenvalue weighted by atomic mass is 79.9. The molecule has 0 aliphatic rings. The molecule has 0 amide bonds. The Labute approximate surface area is 118 Å². The Morgan fingerprint density at radius 1 is 1.33 bits per heavy atom. The number of nitrogens with zero attached hydrogens (tertiary/aromatic N) is 1. The molecule has 0 aliphatic heterocycles. The number of benzene rings is 1. The fourth-order valence-corrected chi connectivity index (χ4v) is 1.85. The van der Waals surface area contributed by atoms with Crippen molar-refractivity contribution in [3.8, 4) is 0 Å². The average molecular weight is 312 g/mol. The zero-order valence-electron chi connectivity index (χ0n) is 11.3. The van der Waals surface area contributed by atoms with E-state index in [2.05, 4.69) is 71.3 Å². The summed E-state index contributed by atoms with van der Waals surface area (Å²) in [6.45, 7) is 8.00. The van der Waals surface area contributed by atoms with Gasteiger partial charge in [0.1, 0.15) is 0 Å². The fraction of sp³-hybridized carbons (Fsp3) is 0.500. The van der Waals surface area contributed by atoms with Crippen LogP contribution in [-0.4, -0.2) is 19.0 Å². The Kier molecular flexibility index (Phi) is 5.66. The number of aliphatic imine (C=N–C) groups is 1. The van der Waals surface area contributed by atoms with E-state index >= 15 is 0 Å². The Morgan fingerprint density at radius 3 is 2.50 bits per heavy atom. The van der Waals surface area contributed by atoms with Crippen molar-refractivity contribution in [3.05, 3.63) is 34.3 Å². The molecule has 18 heavy (non-hydrogen) atoms. The zero-order chi connectivity index (χ0) is 13.6. The summed E-state index contributed by atoms with van der Waals surface area (Å²) >= 11 is 3.45. The summed E-state index contributed by atoms with van der Waals surface area (Å²) in [4.78, 5) is 4.40. The molecule has 3 N–H and O–H groups in total. The van der Waals surface area contributed by atoms with Crippen LogP contribution >= 0.6 is 15.9 Å². The number of nitrogens with two attached hydrogens (primary N) is 1. The van der Waals surface area contributed by atoms with Crippen molar-refractivity contribution in [2.75, 3.05) is 13.1 Å². The van der Waals surface area contributed by atoms with Crippen LogP contribution in [0.5, 0.6) is 0 Å². The number of rotatable bonds is 5. The summed E-state index contributed by atoms with van der Waals surface area (Å²) in [5.41, 5.74) is 7.05. The van der Waals surface area contributed by atoms with Gasteiger partial charge in [-0.15, -0.1) is 0 Å². The van der Waals surface area contributed by atoms with Gasteiger partial charge in [0.15, 0.2) is 5.96 Å². The van der Waals surface area contributed by atoms with Gasteiger partial charge in [-0.05, 0) is 24.1 Å². The lowest BCUT2D eigenvalue weighted by Crippen LogP contribution is -2.34. The monoisotopic (exact) mass is 311 g/mol. The second-order valence-corrected chi connectivity index (χ2v) is 5.93. The predicted octanol–water partition coefficient (Wildman–Crippen LogP) is 3.04. The van der Waals surface area contributed by atoms with E-state index in [-0.39, 0.29) is 5.41 Å². The maximum absolute atomic E-state index is 5.80. The minimum Gasteiger partial charge on any atom is -0.370 e. The molecule has 0 saturated carbocycles. The van der Waals surface area contributed by atoms with E-state index in [0.717, 1.165) is 17.4 Å². The molecule has 0 heterocycles. The van der Waals surface area contributed by atoms with Crippen LogP contribution in [0.15, 0.2) is 33.7 Å². The second kappa shape index (κ2) is 6.78. The molecule has 1 rings (SSSR count). The first kappa shape index (κ1) is 15.0. The first-order chi connectivity index (χ1) is 8.45. The standard InChI is InChI=1S/C14H22BrN3/c1-4-9-17-13(16)18-10-14(2,3)11-5-7-12(15)8-6-11/h5-8H,4,9-10H2,1-3H3,(H3,16,17,18). The van der Waals surface area contributed by atoms with Crippen LogP contribution < -0.4 is 11.1 Å². The third-order valence-electron chi connectivity index (χ3n) is 2.83. The molecule has 0 bridgehead atoms. The maximum atomic E-state index is 5.80. The molecule has 1 aromatic rings. The quantitative estimate of drug-likeness (QED) is 0.648. The van der Waals surface area contributed by atoms with E-state index in [9.17, 15) is 0 Å². The van der Waals surface area contributed by atoms with Gasteiger partial charge < -0.3 is 11.1 Å². The highest BCUT2D eigenvalue weighted by molar-refractivity contribution is 9.10. The lowest BCUT2D eigenvalue weighted by molar-refractivity contribution is 0.538. The van der Waals surface area contributed by atoms with Crippen LogP contribution in [0.2, 0.25) is 0 Å². The van der Waals surface area contributed by atoms with E-state index < -0.39 is 0 Å². The molecule has 0 saturated heterocycles. The van der Waals surface area contributed by atoms with Crippen LogP contribution in [-0.2, 0) is 5.41 Å². The first-order valence-electron chi connectivity index (χ1n) is 6.25. The summed E-state index contributed by atoms with van der Waals surface area (Å²) in [5, 5.41) is 3.09. The molecule has 1 aromatic carbocycles. The molecule has 0 fully saturated rings. The average Bonchev–Trinajstić information content (AvgIpc) is 2.34. The minimum atomic E-state index is -0.0147. The lowest BCUT2D eigenvalue weighted by Gasteiger charge is -2.23. The topological polar surface area (TPSA) is 50.4 Å². The number of nitrogens with one attached hydrogen (secondary N) is 1. The van der Waals surface area contributed by atoms with Crippen LogP contribution in [0.1, 0.15) is 32.8 Å². The van der Waals surface area contributed by atoms with Crippen molar-refractivity contribution in [1.82, 2.24) is 5.32 Å². The number of hydrogen-bond acceptors (Lipinski definition) is 1. The molecule has 0 spiro atoms. The van der Waals surface area contributed by atoms with Crippen molar-refractivity contribution in [2.24, 2.45) is 10.7 Å². The number of halogens is 1. The van der Waals surface area contributed by atoms with Crippen LogP contribution in [0.3, 0.4) is 0 Å². The number of guanidine groups is 1. The van der Waals surface area contributed by atoms with Crippen molar-refractivity contribution in [1.29, 1.82) is 0 Å². The predicted molar refractivity (Wildman–Crippen MR) is 82.0 cm³/mol. The molecule has 0 radical (unpaired) electrons. The summed E-state index contributed by atoms with van der Waals surface area (Å²) in [7, 11) is 0. The Morgan fingerprint density at radius 2 is 1.94 bits per heavy atom. The van der Waals surface area contributed by atoms with Gasteiger partial charge in [-0.1, -0.05) is 48.8 Å². The maximum Gasteiger partial charge on any atom is 0.188 e. The summed E-state index contributed by atoms with van der Waals surface area (Å²) in [6.07, 6.45) is 1.05. The van der Waals surface area contributed by atoms with Crippen molar-refractivity contribution >= 4 is 21.9 Å². The summed E-state index contributed by atoms with van der Waals surface area (Å²) in [6, 6.07) is 8.35. The molecule has 4 heteroatoms. The van der Waals surface area contributed by atoms with Crippen LogP contribution in [0.4, 0.5) is 0 Å². The SMILES string of the molecule is CCCNC(N)=NCC(C)(C)c1ccc(Br)cc1. The summed E-state index contributed by atoms with van der Waals surface area (Å²) in [5.74, 6) is 0.530. The zero-order valence-corrected chi connectivity index (χ0v) is 12.9. The molecule has 0 aliphatic carbocycles. The molecule has 0 aromatic heterocycles. The Balaban J connectivity index is 2.66. The molecular formula is C14H22BrN3. The molecule has 3 nitrogen and oxygen atoms in total. The third kappa shape index (κ3) is 4.69. The van der Waals surface area contributed by atoms with Crippen molar-refractivity contribution in [2.45, 2.75) is 32.6 Å². The Bertz CT molecular complexity index is 396. The van der Waals surface area contributed by atoms with Crippen molar-refractivity contribution < 1.29 is 0 Å². The molecule has 0 unspecified atom stereocenters. The normalized spacial score (nSPS) is 12.6. The highest BCUT2D eigenvalue weighted by Crippen LogP contribution is 2.24. The van der Waals surface area contributed by atoms with Gasteiger partial charge in [0.05, 0.1) is 6.54 Å². The molecule has 0 atom stereocenters. The molecule has 100 valence electrons. The fourth-order valence-electron chi connectivity index (χ4n) is 1.58. The third-order valence-corrected chi connectivity index (χ3v) is 3.36. The van der Waals surface area contributed by atoms with Gasteiger partial charge in [0, 0.05) is 16.4 Å². The lowest BCUT2D eigenvalue weighted by atomic mass is 9.85. The van der Waals surface area contributed by atoms with Crippen molar-refractivity contribution in [3.63, 3.8) is 0 Å². The van der Waals surface area contributed by atoms with Crippen LogP contribution in [0, 0.1) is 0 Å². The molecular weight excluding hydrogens is 290 g/mol. The van der Waals surface area contributed by atoms with Gasteiger partial charge in [-0.25, -0.2) is 0 Å². The van der Waals surface area contributed by atoms with Crippen LogP contribution in [0.25, 0.3) is 0 Å². The van der Waals surface area contributed by atoms with E-state index in [0.29, 0.717) is 12.5 Å². The number of hydrogen-bond donors (Lipinski definition) is 2. The highest BCUT2D eigenvalue weighted by Gasteiger charge is 2.20. The largest absolute Gasteiger partial charge is 0.370 e. The summed E-state index contributed by atoms with van der Waals surface area (Å²) < 4.78 is 1.09. The van der Waals surface area contributed by atoms with Gasteiger partial charge in [0.2, 0.25) is 0 Å². The first-order valence-corrected chi connectivity index (χ1v) is 7.05. The van der Waals surface area contributed by atoms with Gasteiger partial charge in [-0.2, -0.15) is 0 Å². The van der Waals surface area contributed by atoms with E-state index in [1.54, 1.807) is 0 Å². The second-order valence-electron chi connectivity index (χ2n) is 5.02. The smallest absolute Gasteiger partial charge is 0.188 e. The van der Waals surface area contributed by atoms with Gasteiger partial charge >= 0.3 is 0 Å².